The molecule has 2 heterocycles. The van der Waals surface area contributed by atoms with E-state index in [4.69, 9.17) is 31.3 Å². The van der Waals surface area contributed by atoms with E-state index in [1.54, 1.807) is 6.07 Å². The Bertz CT molecular complexity index is 784. The zero-order valence-corrected chi connectivity index (χ0v) is 19.0. The first kappa shape index (κ1) is 23.1. The number of carbonyl (C=O) groups excluding carboxylic acids is 1. The van der Waals surface area contributed by atoms with Crippen molar-refractivity contribution in [1.29, 1.82) is 0 Å². The van der Waals surface area contributed by atoms with Gasteiger partial charge in [0.05, 0.1) is 30.9 Å². The summed E-state index contributed by atoms with van der Waals surface area (Å²) in [6.07, 6.45) is 0.0651. The number of halogens is 2. The first-order valence-electron chi connectivity index (χ1n) is 9.90. The fourth-order valence-corrected chi connectivity index (χ4v) is 4.45. The highest BCUT2D eigenvalue weighted by atomic mass is 79.9. The Kier molecular flexibility index (Phi) is 9.05. The molecule has 0 aliphatic carbocycles. The number of azide groups is 1. The third kappa shape index (κ3) is 6.47. The largest absolute Gasteiger partial charge is 0.479 e. The van der Waals surface area contributed by atoms with E-state index < -0.39 is 6.10 Å². The summed E-state index contributed by atoms with van der Waals surface area (Å²) in [5.41, 5.74) is 9.12. The molecule has 1 amide bonds. The highest BCUT2D eigenvalue weighted by Crippen LogP contribution is 2.38. The van der Waals surface area contributed by atoms with Gasteiger partial charge in [-0.3, -0.25) is 9.69 Å². The van der Waals surface area contributed by atoms with Gasteiger partial charge in [-0.1, -0.05) is 16.7 Å². The molecule has 0 radical (unpaired) electrons. The fraction of sp³-hybridized carbons (Fsp3) is 0.632. The monoisotopic (exact) mass is 501 g/mol. The van der Waals surface area contributed by atoms with Gasteiger partial charge in [0.25, 0.3) is 5.91 Å². The molecule has 0 spiro atoms. The first-order valence-corrected chi connectivity index (χ1v) is 11.1. The predicted molar refractivity (Wildman–Crippen MR) is 116 cm³/mol. The minimum Gasteiger partial charge on any atom is -0.479 e. The molecule has 164 valence electrons. The van der Waals surface area contributed by atoms with E-state index in [1.165, 1.54) is 0 Å². The molecule has 1 fully saturated rings. The predicted octanol–water partition coefficient (Wildman–Crippen LogP) is 2.89. The molecule has 11 heteroatoms. The van der Waals surface area contributed by atoms with E-state index in [2.05, 4.69) is 30.9 Å². The average Bonchev–Trinajstić information content (AvgIpc) is 3.17. The topological polar surface area (TPSA) is 100 Å². The van der Waals surface area contributed by atoms with E-state index in [9.17, 15) is 4.79 Å². The van der Waals surface area contributed by atoms with Gasteiger partial charge in [-0.15, -0.1) is 0 Å². The van der Waals surface area contributed by atoms with Crippen LogP contribution in [0.5, 0.6) is 5.75 Å². The zero-order valence-electron chi connectivity index (χ0n) is 16.6. The molecule has 0 N–H and O–H groups in total. The van der Waals surface area contributed by atoms with Crippen molar-refractivity contribution in [2.75, 3.05) is 65.7 Å². The van der Waals surface area contributed by atoms with Crippen molar-refractivity contribution in [1.82, 2.24) is 9.80 Å². The normalized spacial score (nSPS) is 18.6. The van der Waals surface area contributed by atoms with Crippen LogP contribution in [-0.4, -0.2) is 87.5 Å². The minimum absolute atomic E-state index is 0.0306. The van der Waals surface area contributed by atoms with Crippen LogP contribution in [0.1, 0.15) is 5.56 Å². The lowest BCUT2D eigenvalue weighted by Crippen LogP contribution is -2.52. The van der Waals surface area contributed by atoms with Crippen molar-refractivity contribution in [2.45, 2.75) is 12.5 Å². The summed E-state index contributed by atoms with van der Waals surface area (Å²) in [5, 5.41) is 4.03. The molecule has 0 saturated carbocycles. The number of carbonyl (C=O) groups is 1. The van der Waals surface area contributed by atoms with E-state index >= 15 is 0 Å². The smallest absolute Gasteiger partial charge is 0.264 e. The minimum atomic E-state index is -0.483. The Hall–Kier alpha value is -1.55. The molecular formula is C19H25BrClN5O4. The molecule has 2 aliphatic heterocycles. The van der Waals surface area contributed by atoms with Gasteiger partial charge in [0.15, 0.2) is 6.10 Å². The fourth-order valence-electron chi connectivity index (χ4n) is 3.48. The summed E-state index contributed by atoms with van der Waals surface area (Å²) in [6.45, 7) is 6.15. The third-order valence-electron chi connectivity index (χ3n) is 5.03. The van der Waals surface area contributed by atoms with Gasteiger partial charge in [0.1, 0.15) is 5.75 Å². The highest BCUT2D eigenvalue weighted by molar-refractivity contribution is 9.10. The number of benzene rings is 1. The number of nitrogens with zero attached hydrogens (tertiary/aromatic N) is 5. The molecule has 0 unspecified atom stereocenters. The van der Waals surface area contributed by atoms with Gasteiger partial charge in [-0.25, -0.2) is 0 Å². The molecule has 1 aromatic carbocycles. The SMILES string of the molecule is [N-]=[N+]=NCCOCCOCCN1CCN(C(=O)[C@H]2Cc3cc(Cl)cc(Br)c3O2)CC1. The summed E-state index contributed by atoms with van der Waals surface area (Å²) in [6, 6.07) is 3.64. The van der Waals surface area contributed by atoms with Crippen LogP contribution >= 0.6 is 27.5 Å². The van der Waals surface area contributed by atoms with Crippen molar-refractivity contribution in [2.24, 2.45) is 5.11 Å². The second kappa shape index (κ2) is 11.7. The molecule has 1 saturated heterocycles. The molecule has 1 aromatic rings. The number of amides is 1. The quantitative estimate of drug-likeness (QED) is 0.212. The van der Waals surface area contributed by atoms with Crippen molar-refractivity contribution in [3.8, 4) is 5.75 Å². The Labute approximate surface area is 188 Å². The van der Waals surface area contributed by atoms with Crippen molar-refractivity contribution in [3.63, 3.8) is 0 Å². The second-order valence-electron chi connectivity index (χ2n) is 7.03. The molecule has 9 nitrogen and oxygen atoms in total. The maximum absolute atomic E-state index is 12.9. The van der Waals surface area contributed by atoms with Crippen LogP contribution in [0.3, 0.4) is 0 Å². The van der Waals surface area contributed by atoms with E-state index in [1.807, 2.05) is 11.0 Å². The Morgan fingerprint density at radius 3 is 2.70 bits per heavy atom. The number of hydrogen-bond acceptors (Lipinski definition) is 6. The van der Waals surface area contributed by atoms with Crippen molar-refractivity contribution < 1.29 is 19.0 Å². The molecule has 0 aromatic heterocycles. The third-order valence-corrected chi connectivity index (χ3v) is 5.84. The summed E-state index contributed by atoms with van der Waals surface area (Å²) in [5.74, 6) is 0.748. The molecule has 1 atom stereocenters. The number of ether oxygens (including phenoxy) is 3. The number of piperazine rings is 1. The van der Waals surface area contributed by atoms with Gasteiger partial charge in [-0.05, 0) is 33.6 Å². The molecule has 30 heavy (non-hydrogen) atoms. The Morgan fingerprint density at radius 2 is 1.97 bits per heavy atom. The second-order valence-corrected chi connectivity index (χ2v) is 8.32. The molecule has 2 aliphatic rings. The maximum Gasteiger partial charge on any atom is 0.264 e. The molecular weight excluding hydrogens is 478 g/mol. The summed E-state index contributed by atoms with van der Waals surface area (Å²) < 4.78 is 17.5. The Balaban J connectivity index is 1.31. The van der Waals surface area contributed by atoms with Crippen LogP contribution in [0.15, 0.2) is 21.7 Å². The van der Waals surface area contributed by atoms with Crippen LogP contribution in [0, 0.1) is 0 Å². The van der Waals surface area contributed by atoms with E-state index in [0.29, 0.717) is 57.5 Å². The summed E-state index contributed by atoms with van der Waals surface area (Å²) in [7, 11) is 0. The van der Waals surface area contributed by atoms with Crippen molar-refractivity contribution >= 4 is 33.4 Å². The standard InChI is InChI=1S/C19H25BrClN5O4/c20-16-13-15(21)11-14-12-17(30-18(14)16)19(27)26-4-2-25(3-5-26)6-8-29-10-9-28-7-1-23-24-22/h11,13,17H,1-10,12H2/t17-/m1/s1. The van der Waals surface area contributed by atoms with E-state index in [0.717, 1.165) is 35.4 Å². The van der Waals surface area contributed by atoms with Crippen LogP contribution in [0.2, 0.25) is 5.02 Å². The lowest BCUT2D eigenvalue weighted by molar-refractivity contribution is -0.139. The van der Waals surface area contributed by atoms with Gasteiger partial charge in [0, 0.05) is 61.2 Å². The summed E-state index contributed by atoms with van der Waals surface area (Å²) in [4.78, 5) is 19.7. The zero-order chi connectivity index (χ0) is 21.3. The average molecular weight is 503 g/mol. The lowest BCUT2D eigenvalue weighted by atomic mass is 10.1. The van der Waals surface area contributed by atoms with Crippen LogP contribution in [0.25, 0.3) is 10.4 Å². The van der Waals surface area contributed by atoms with Crippen LogP contribution in [0.4, 0.5) is 0 Å². The van der Waals surface area contributed by atoms with E-state index in [-0.39, 0.29) is 5.91 Å². The van der Waals surface area contributed by atoms with Gasteiger partial charge < -0.3 is 19.1 Å². The molecule has 3 rings (SSSR count). The van der Waals surface area contributed by atoms with Gasteiger partial charge >= 0.3 is 0 Å². The number of rotatable bonds is 10. The van der Waals surface area contributed by atoms with Gasteiger partial charge in [0.2, 0.25) is 0 Å². The van der Waals surface area contributed by atoms with Crippen LogP contribution < -0.4 is 4.74 Å². The number of hydrogen-bond donors (Lipinski definition) is 0. The Morgan fingerprint density at radius 1 is 1.23 bits per heavy atom. The maximum atomic E-state index is 12.9. The van der Waals surface area contributed by atoms with Crippen LogP contribution in [-0.2, 0) is 20.7 Å². The first-order chi connectivity index (χ1) is 14.6. The highest BCUT2D eigenvalue weighted by Gasteiger charge is 2.35. The molecule has 0 bridgehead atoms. The summed E-state index contributed by atoms with van der Waals surface area (Å²) >= 11 is 9.55. The lowest BCUT2D eigenvalue weighted by Gasteiger charge is -2.35. The van der Waals surface area contributed by atoms with Gasteiger partial charge in [-0.2, -0.15) is 0 Å². The number of fused-ring (bicyclic) bond motifs is 1. The van der Waals surface area contributed by atoms with Crippen molar-refractivity contribution in [3.05, 3.63) is 37.6 Å².